The lowest BCUT2D eigenvalue weighted by Gasteiger charge is -2.10. The van der Waals surface area contributed by atoms with Gasteiger partial charge in [0, 0.05) is 5.56 Å². The number of Topliss-reactive ketones (excluding diaryl/α,β-unsaturated/α-hetero) is 1. The summed E-state index contributed by atoms with van der Waals surface area (Å²) < 4.78 is 5.31. The Balaban J connectivity index is 2.18. The molecule has 22 heavy (non-hydrogen) atoms. The van der Waals surface area contributed by atoms with E-state index in [9.17, 15) is 14.7 Å². The number of phenols is 1. The van der Waals surface area contributed by atoms with Gasteiger partial charge in [-0.2, -0.15) is 0 Å². The van der Waals surface area contributed by atoms with Crippen LogP contribution in [0.4, 0.5) is 5.69 Å². The van der Waals surface area contributed by atoms with E-state index in [1.807, 2.05) is 6.92 Å². The van der Waals surface area contributed by atoms with Gasteiger partial charge in [-0.25, -0.2) is 0 Å². The number of carbonyl (C=O) groups excluding carboxylic acids is 2. The van der Waals surface area contributed by atoms with Gasteiger partial charge in [-0.3, -0.25) is 9.59 Å². The zero-order valence-corrected chi connectivity index (χ0v) is 12.4. The van der Waals surface area contributed by atoms with Crippen LogP contribution in [0.5, 0.6) is 11.5 Å². The predicted molar refractivity (Wildman–Crippen MR) is 83.7 cm³/mol. The number of hydrogen-bond donors (Lipinski definition) is 2. The zero-order valence-electron chi connectivity index (χ0n) is 12.4. The van der Waals surface area contributed by atoms with E-state index in [1.54, 1.807) is 30.3 Å². The number of benzene rings is 2. The van der Waals surface area contributed by atoms with Crippen molar-refractivity contribution in [3.63, 3.8) is 0 Å². The summed E-state index contributed by atoms with van der Waals surface area (Å²) in [4.78, 5) is 23.6. The van der Waals surface area contributed by atoms with Crippen molar-refractivity contribution in [2.45, 2.75) is 13.8 Å². The lowest BCUT2D eigenvalue weighted by molar-refractivity contribution is 0.100. The first kappa shape index (κ1) is 15.6. The van der Waals surface area contributed by atoms with E-state index in [0.29, 0.717) is 17.9 Å². The monoisotopic (exact) mass is 299 g/mol. The van der Waals surface area contributed by atoms with E-state index in [2.05, 4.69) is 5.32 Å². The van der Waals surface area contributed by atoms with E-state index in [-0.39, 0.29) is 28.7 Å². The summed E-state index contributed by atoms with van der Waals surface area (Å²) in [5.41, 5.74) is 0.798. The number of ether oxygens (including phenoxy) is 1. The fourth-order valence-corrected chi connectivity index (χ4v) is 1.99. The molecule has 0 aliphatic carbocycles. The highest BCUT2D eigenvalue weighted by molar-refractivity contribution is 6.07. The second kappa shape index (κ2) is 6.76. The van der Waals surface area contributed by atoms with E-state index in [0.717, 1.165) is 0 Å². The molecule has 0 saturated carbocycles. The van der Waals surface area contributed by atoms with Crippen molar-refractivity contribution in [2.75, 3.05) is 11.9 Å². The number of para-hydroxylation sites is 1. The van der Waals surface area contributed by atoms with Gasteiger partial charge in [0.2, 0.25) is 0 Å². The SMILES string of the molecule is CCOc1ccc(C(=O)Nc2cccc(C(C)=O)c2O)cc1. The summed E-state index contributed by atoms with van der Waals surface area (Å²) in [6.07, 6.45) is 0. The number of phenolic OH excluding ortho intramolecular Hbond substituents is 1. The maximum Gasteiger partial charge on any atom is 0.255 e. The maximum absolute atomic E-state index is 12.2. The number of amides is 1. The van der Waals surface area contributed by atoms with E-state index in [4.69, 9.17) is 4.74 Å². The smallest absolute Gasteiger partial charge is 0.255 e. The molecule has 0 fully saturated rings. The number of hydrogen-bond acceptors (Lipinski definition) is 4. The van der Waals surface area contributed by atoms with Gasteiger partial charge >= 0.3 is 0 Å². The topological polar surface area (TPSA) is 75.6 Å². The van der Waals surface area contributed by atoms with E-state index >= 15 is 0 Å². The Bertz CT molecular complexity index is 692. The van der Waals surface area contributed by atoms with Crippen molar-refractivity contribution in [3.05, 3.63) is 53.6 Å². The van der Waals surface area contributed by atoms with Crippen LogP contribution in [-0.2, 0) is 0 Å². The molecular formula is C17H17NO4. The molecule has 0 atom stereocenters. The third kappa shape index (κ3) is 3.44. The minimum Gasteiger partial charge on any atom is -0.505 e. The minimum absolute atomic E-state index is 0.171. The van der Waals surface area contributed by atoms with Crippen molar-refractivity contribution in [3.8, 4) is 11.5 Å². The highest BCUT2D eigenvalue weighted by Gasteiger charge is 2.13. The first-order chi connectivity index (χ1) is 10.5. The average molecular weight is 299 g/mol. The Morgan fingerprint density at radius 3 is 2.41 bits per heavy atom. The third-order valence-electron chi connectivity index (χ3n) is 3.09. The molecule has 5 nitrogen and oxygen atoms in total. The number of aromatic hydroxyl groups is 1. The lowest BCUT2D eigenvalue weighted by atomic mass is 10.1. The van der Waals surface area contributed by atoms with Gasteiger partial charge in [-0.05, 0) is 50.2 Å². The molecule has 0 aliphatic rings. The third-order valence-corrected chi connectivity index (χ3v) is 3.09. The van der Waals surface area contributed by atoms with Gasteiger partial charge in [0.25, 0.3) is 5.91 Å². The summed E-state index contributed by atoms with van der Waals surface area (Å²) in [5, 5.41) is 12.6. The van der Waals surface area contributed by atoms with Crippen molar-refractivity contribution < 1.29 is 19.4 Å². The van der Waals surface area contributed by atoms with E-state index in [1.165, 1.54) is 19.1 Å². The molecule has 2 rings (SSSR count). The molecule has 0 saturated heterocycles. The Morgan fingerprint density at radius 1 is 1.14 bits per heavy atom. The predicted octanol–water partition coefficient (Wildman–Crippen LogP) is 3.25. The zero-order chi connectivity index (χ0) is 16.1. The molecular weight excluding hydrogens is 282 g/mol. The summed E-state index contributed by atoms with van der Waals surface area (Å²) in [6.45, 7) is 3.79. The Hall–Kier alpha value is -2.82. The molecule has 5 heteroatoms. The summed E-state index contributed by atoms with van der Waals surface area (Å²) in [6, 6.07) is 11.3. The van der Waals surface area contributed by atoms with Gasteiger partial charge in [0.05, 0.1) is 17.9 Å². The van der Waals surface area contributed by atoms with Gasteiger partial charge in [0.1, 0.15) is 11.5 Å². The second-order valence-electron chi connectivity index (χ2n) is 4.67. The molecule has 2 aromatic carbocycles. The summed E-state index contributed by atoms with van der Waals surface area (Å²) in [5.74, 6) is -0.191. The van der Waals surface area contributed by atoms with Gasteiger partial charge < -0.3 is 15.2 Å². The van der Waals surface area contributed by atoms with E-state index < -0.39 is 0 Å². The molecule has 0 heterocycles. The van der Waals surface area contributed by atoms with Crippen LogP contribution in [0, 0.1) is 0 Å². The molecule has 0 bridgehead atoms. The van der Waals surface area contributed by atoms with Crippen LogP contribution < -0.4 is 10.1 Å². The molecule has 114 valence electrons. The molecule has 0 aromatic heterocycles. The first-order valence-corrected chi connectivity index (χ1v) is 6.90. The number of ketones is 1. The largest absolute Gasteiger partial charge is 0.505 e. The average Bonchev–Trinajstić information content (AvgIpc) is 2.50. The van der Waals surface area contributed by atoms with Crippen LogP contribution in [0.3, 0.4) is 0 Å². The quantitative estimate of drug-likeness (QED) is 0.656. The maximum atomic E-state index is 12.2. The molecule has 0 radical (unpaired) electrons. The number of rotatable bonds is 5. The van der Waals surface area contributed by atoms with Crippen molar-refractivity contribution >= 4 is 17.4 Å². The molecule has 0 unspecified atom stereocenters. The molecule has 2 N–H and O–H groups in total. The van der Waals surface area contributed by atoms with Crippen molar-refractivity contribution in [1.29, 1.82) is 0 Å². The normalized spacial score (nSPS) is 10.1. The molecule has 1 amide bonds. The fraction of sp³-hybridized carbons (Fsp3) is 0.176. The van der Waals surface area contributed by atoms with Crippen LogP contribution in [0.1, 0.15) is 34.6 Å². The number of carbonyl (C=O) groups is 2. The minimum atomic E-state index is -0.376. The summed E-state index contributed by atoms with van der Waals surface area (Å²) in [7, 11) is 0. The highest BCUT2D eigenvalue weighted by Crippen LogP contribution is 2.28. The summed E-state index contributed by atoms with van der Waals surface area (Å²) >= 11 is 0. The molecule has 2 aromatic rings. The first-order valence-electron chi connectivity index (χ1n) is 6.90. The van der Waals surface area contributed by atoms with Crippen LogP contribution in [0.25, 0.3) is 0 Å². The standard InChI is InChI=1S/C17H17NO4/c1-3-22-13-9-7-12(8-10-13)17(21)18-15-6-4-5-14(11(2)19)16(15)20/h4-10,20H,3H2,1-2H3,(H,18,21). The second-order valence-corrected chi connectivity index (χ2v) is 4.67. The highest BCUT2D eigenvalue weighted by atomic mass is 16.5. The number of nitrogens with one attached hydrogen (secondary N) is 1. The molecule has 0 aliphatic heterocycles. The molecule has 0 spiro atoms. The Labute approximate surface area is 128 Å². The van der Waals surface area contributed by atoms with Crippen molar-refractivity contribution in [1.82, 2.24) is 0 Å². The Morgan fingerprint density at radius 2 is 1.82 bits per heavy atom. The lowest BCUT2D eigenvalue weighted by Crippen LogP contribution is -2.12. The van der Waals surface area contributed by atoms with Crippen LogP contribution in [0.15, 0.2) is 42.5 Å². The van der Waals surface area contributed by atoms with Gasteiger partial charge in [0.15, 0.2) is 5.78 Å². The van der Waals surface area contributed by atoms with Crippen LogP contribution in [-0.4, -0.2) is 23.4 Å². The number of anilines is 1. The van der Waals surface area contributed by atoms with Gasteiger partial charge in [-0.15, -0.1) is 0 Å². The van der Waals surface area contributed by atoms with Gasteiger partial charge in [-0.1, -0.05) is 6.07 Å². The van der Waals surface area contributed by atoms with Crippen LogP contribution in [0.2, 0.25) is 0 Å². The van der Waals surface area contributed by atoms with Crippen LogP contribution >= 0.6 is 0 Å². The van der Waals surface area contributed by atoms with Crippen molar-refractivity contribution in [2.24, 2.45) is 0 Å². The Kier molecular flexibility index (Phi) is 4.78. The fourth-order valence-electron chi connectivity index (χ4n) is 1.99.